The molecule has 1 heterocycles. The maximum absolute atomic E-state index is 12.6. The Balaban J connectivity index is 2.37. The van der Waals surface area contributed by atoms with E-state index in [-0.39, 0.29) is 25.6 Å². The van der Waals surface area contributed by atoms with E-state index in [4.69, 9.17) is 9.84 Å². The van der Waals surface area contributed by atoms with Gasteiger partial charge in [0, 0.05) is 19.0 Å². The standard InChI is InChI=1S/C14H17N3O4/c1-9-5-10-7-15-16-13(10)11(6-9)14(20)17(3-4-21-2)8-12(18)19/h5-7H,3-4,8H2,1-2H3,(H,15,16)(H,18,19). The number of methoxy groups -OCH3 is 1. The van der Waals surface area contributed by atoms with Crippen LogP contribution in [-0.4, -0.2) is 58.9 Å². The molecule has 1 aromatic carbocycles. The van der Waals surface area contributed by atoms with Gasteiger partial charge in [0.15, 0.2) is 0 Å². The molecule has 21 heavy (non-hydrogen) atoms. The highest BCUT2D eigenvalue weighted by molar-refractivity contribution is 6.06. The van der Waals surface area contributed by atoms with Crippen LogP contribution in [0.15, 0.2) is 18.3 Å². The minimum atomic E-state index is -1.06. The minimum absolute atomic E-state index is 0.213. The molecule has 2 aromatic rings. The average Bonchev–Trinajstić information content (AvgIpc) is 2.89. The maximum Gasteiger partial charge on any atom is 0.323 e. The lowest BCUT2D eigenvalue weighted by Gasteiger charge is -2.20. The fourth-order valence-corrected chi connectivity index (χ4v) is 2.16. The van der Waals surface area contributed by atoms with Crippen LogP contribution in [0, 0.1) is 6.92 Å². The van der Waals surface area contributed by atoms with E-state index in [1.165, 1.54) is 12.0 Å². The molecule has 0 aliphatic carbocycles. The zero-order valence-corrected chi connectivity index (χ0v) is 11.9. The van der Waals surface area contributed by atoms with Gasteiger partial charge in [-0.1, -0.05) is 0 Å². The van der Waals surface area contributed by atoms with Crippen molar-refractivity contribution in [2.75, 3.05) is 26.8 Å². The van der Waals surface area contributed by atoms with E-state index in [9.17, 15) is 9.59 Å². The number of carboxylic acids is 1. The van der Waals surface area contributed by atoms with E-state index < -0.39 is 5.97 Å². The van der Waals surface area contributed by atoms with Crippen LogP contribution in [0.4, 0.5) is 0 Å². The summed E-state index contributed by atoms with van der Waals surface area (Å²) in [7, 11) is 1.50. The Labute approximate surface area is 121 Å². The molecule has 0 spiro atoms. The Kier molecular flexibility index (Phi) is 4.54. The van der Waals surface area contributed by atoms with Crippen LogP contribution in [0.25, 0.3) is 10.9 Å². The zero-order chi connectivity index (χ0) is 15.4. The number of hydrogen-bond acceptors (Lipinski definition) is 4. The summed E-state index contributed by atoms with van der Waals surface area (Å²) in [5.74, 6) is -1.42. The van der Waals surface area contributed by atoms with Gasteiger partial charge in [-0.15, -0.1) is 0 Å². The highest BCUT2D eigenvalue weighted by Gasteiger charge is 2.21. The molecule has 0 unspecified atom stereocenters. The van der Waals surface area contributed by atoms with Crippen molar-refractivity contribution in [1.29, 1.82) is 0 Å². The number of nitrogens with one attached hydrogen (secondary N) is 1. The van der Waals surface area contributed by atoms with Gasteiger partial charge in [0.25, 0.3) is 5.91 Å². The first-order chi connectivity index (χ1) is 10.0. The third-order valence-electron chi connectivity index (χ3n) is 3.10. The molecule has 0 bridgehead atoms. The van der Waals surface area contributed by atoms with Crippen LogP contribution < -0.4 is 0 Å². The molecule has 1 amide bonds. The van der Waals surface area contributed by atoms with Crippen LogP contribution in [-0.2, 0) is 9.53 Å². The summed E-state index contributed by atoms with van der Waals surface area (Å²) in [5.41, 5.74) is 1.94. The molecule has 2 N–H and O–H groups in total. The van der Waals surface area contributed by atoms with Gasteiger partial charge in [0.2, 0.25) is 0 Å². The Hall–Kier alpha value is -2.41. The van der Waals surface area contributed by atoms with Crippen molar-refractivity contribution < 1.29 is 19.4 Å². The number of benzene rings is 1. The van der Waals surface area contributed by atoms with E-state index >= 15 is 0 Å². The second-order valence-electron chi connectivity index (χ2n) is 4.76. The average molecular weight is 291 g/mol. The normalized spacial score (nSPS) is 10.8. The molecular weight excluding hydrogens is 274 g/mol. The summed E-state index contributed by atoms with van der Waals surface area (Å²) >= 11 is 0. The van der Waals surface area contributed by atoms with Crippen LogP contribution in [0.5, 0.6) is 0 Å². The van der Waals surface area contributed by atoms with E-state index in [0.717, 1.165) is 10.9 Å². The van der Waals surface area contributed by atoms with E-state index in [1.54, 1.807) is 12.3 Å². The number of carbonyl (C=O) groups excluding carboxylic acids is 1. The summed E-state index contributed by atoms with van der Waals surface area (Å²) in [6, 6.07) is 3.64. The number of ether oxygens (including phenoxy) is 1. The number of nitrogens with zero attached hydrogens (tertiary/aromatic N) is 2. The van der Waals surface area contributed by atoms with Crippen molar-refractivity contribution >= 4 is 22.8 Å². The molecule has 0 fully saturated rings. The SMILES string of the molecule is COCCN(CC(=O)O)C(=O)c1cc(C)cc2cn[nH]c12. The van der Waals surface area contributed by atoms with Crippen molar-refractivity contribution in [3.8, 4) is 0 Å². The third-order valence-corrected chi connectivity index (χ3v) is 3.10. The molecule has 1 aromatic heterocycles. The summed E-state index contributed by atoms with van der Waals surface area (Å²) in [4.78, 5) is 24.8. The molecule has 7 heteroatoms. The summed E-state index contributed by atoms with van der Waals surface area (Å²) < 4.78 is 4.93. The molecule has 0 aliphatic heterocycles. The summed E-state index contributed by atoms with van der Waals surface area (Å²) in [5, 5.41) is 16.5. The van der Waals surface area contributed by atoms with Gasteiger partial charge in [-0.25, -0.2) is 0 Å². The van der Waals surface area contributed by atoms with Crippen molar-refractivity contribution in [2.24, 2.45) is 0 Å². The number of aryl methyl sites for hydroxylation is 1. The third kappa shape index (κ3) is 3.38. The highest BCUT2D eigenvalue weighted by Crippen LogP contribution is 2.20. The smallest absolute Gasteiger partial charge is 0.323 e. The van der Waals surface area contributed by atoms with E-state index in [1.807, 2.05) is 13.0 Å². The van der Waals surface area contributed by atoms with Gasteiger partial charge in [0.1, 0.15) is 6.54 Å². The Morgan fingerprint density at radius 2 is 2.19 bits per heavy atom. The first-order valence-electron chi connectivity index (χ1n) is 6.46. The molecular formula is C14H17N3O4. The highest BCUT2D eigenvalue weighted by atomic mass is 16.5. The van der Waals surface area contributed by atoms with Crippen molar-refractivity contribution in [2.45, 2.75) is 6.92 Å². The van der Waals surface area contributed by atoms with Gasteiger partial charge < -0.3 is 14.7 Å². The number of carboxylic acid groups (broad SMARTS) is 1. The Morgan fingerprint density at radius 1 is 1.43 bits per heavy atom. The van der Waals surface area contributed by atoms with Crippen molar-refractivity contribution in [3.63, 3.8) is 0 Å². The Morgan fingerprint density at radius 3 is 2.86 bits per heavy atom. The summed E-state index contributed by atoms with van der Waals surface area (Å²) in [6.45, 7) is 1.99. The number of aromatic amines is 1. The minimum Gasteiger partial charge on any atom is -0.480 e. The zero-order valence-electron chi connectivity index (χ0n) is 11.9. The van der Waals surface area contributed by atoms with Gasteiger partial charge in [-0.05, 0) is 24.6 Å². The molecule has 112 valence electrons. The first kappa shape index (κ1) is 15.0. The van der Waals surface area contributed by atoms with Crippen molar-refractivity contribution in [1.82, 2.24) is 15.1 Å². The number of amides is 1. The monoisotopic (exact) mass is 291 g/mol. The number of aromatic nitrogens is 2. The molecule has 0 saturated heterocycles. The predicted octanol–water partition coefficient (Wildman–Crippen LogP) is 1.04. The topological polar surface area (TPSA) is 95.5 Å². The fourth-order valence-electron chi connectivity index (χ4n) is 2.16. The second kappa shape index (κ2) is 6.36. The Bertz CT molecular complexity index is 665. The summed E-state index contributed by atoms with van der Waals surface area (Å²) in [6.07, 6.45) is 1.63. The molecule has 0 saturated carbocycles. The van der Waals surface area contributed by atoms with Gasteiger partial charge in [-0.3, -0.25) is 14.7 Å². The van der Waals surface area contributed by atoms with Crippen LogP contribution >= 0.6 is 0 Å². The molecule has 0 radical (unpaired) electrons. The molecule has 7 nitrogen and oxygen atoms in total. The number of carbonyl (C=O) groups is 2. The molecule has 0 aliphatic rings. The molecule has 0 atom stereocenters. The van der Waals surface area contributed by atoms with E-state index in [2.05, 4.69) is 10.2 Å². The first-order valence-corrected chi connectivity index (χ1v) is 6.46. The second-order valence-corrected chi connectivity index (χ2v) is 4.76. The maximum atomic E-state index is 12.6. The lowest BCUT2D eigenvalue weighted by atomic mass is 10.1. The van der Waals surface area contributed by atoms with Crippen LogP contribution in [0.2, 0.25) is 0 Å². The van der Waals surface area contributed by atoms with Crippen LogP contribution in [0.3, 0.4) is 0 Å². The van der Waals surface area contributed by atoms with Gasteiger partial charge >= 0.3 is 5.97 Å². The molecule has 2 rings (SSSR count). The van der Waals surface area contributed by atoms with Crippen LogP contribution in [0.1, 0.15) is 15.9 Å². The number of rotatable bonds is 6. The van der Waals surface area contributed by atoms with Crippen molar-refractivity contribution in [3.05, 3.63) is 29.5 Å². The number of hydrogen-bond donors (Lipinski definition) is 2. The fraction of sp³-hybridized carbons (Fsp3) is 0.357. The van der Waals surface area contributed by atoms with E-state index in [0.29, 0.717) is 11.1 Å². The van der Waals surface area contributed by atoms with Gasteiger partial charge in [-0.2, -0.15) is 5.10 Å². The predicted molar refractivity (Wildman–Crippen MR) is 76.2 cm³/mol. The lowest BCUT2D eigenvalue weighted by Crippen LogP contribution is -2.38. The van der Waals surface area contributed by atoms with Gasteiger partial charge in [0.05, 0.1) is 23.9 Å². The number of H-pyrrole nitrogens is 1. The number of aliphatic carboxylic acids is 1. The quantitative estimate of drug-likeness (QED) is 0.829. The largest absolute Gasteiger partial charge is 0.480 e. The lowest BCUT2D eigenvalue weighted by molar-refractivity contribution is -0.137. The number of fused-ring (bicyclic) bond motifs is 1.